The van der Waals surface area contributed by atoms with E-state index in [0.29, 0.717) is 0 Å². The van der Waals surface area contributed by atoms with Crippen molar-refractivity contribution in [3.05, 3.63) is 36.5 Å². The van der Waals surface area contributed by atoms with Gasteiger partial charge in [0.2, 0.25) is 5.91 Å². The number of carbonyl (C=O) groups excluding carboxylic acids is 1. The molecule has 0 aliphatic rings. The molecular weight excluding hydrogens is 222 g/mol. The van der Waals surface area contributed by atoms with Gasteiger partial charge in [-0.25, -0.2) is 0 Å². The number of carbonyl (C=O) groups is 1. The second-order valence-electron chi connectivity index (χ2n) is 4.11. The van der Waals surface area contributed by atoms with E-state index in [1.807, 2.05) is 53.7 Å². The van der Waals surface area contributed by atoms with Crippen LogP contribution in [0.5, 0.6) is 0 Å². The van der Waals surface area contributed by atoms with Crippen LogP contribution in [-0.2, 0) is 4.79 Å². The molecule has 0 aromatic rings. The van der Waals surface area contributed by atoms with E-state index in [2.05, 4.69) is 18.5 Å². The smallest absolute Gasteiger partial charge is 0.217 e. The summed E-state index contributed by atoms with van der Waals surface area (Å²) in [7, 11) is 0. The maximum atomic E-state index is 10.5. The predicted molar refractivity (Wildman–Crippen MR) is 85.8 cm³/mol. The van der Waals surface area contributed by atoms with Gasteiger partial charge in [0.25, 0.3) is 0 Å². The molecule has 0 aliphatic carbocycles. The molecule has 108 valence electrons. The van der Waals surface area contributed by atoms with E-state index in [9.17, 15) is 4.79 Å². The van der Waals surface area contributed by atoms with E-state index in [0.717, 1.165) is 17.6 Å². The Morgan fingerprint density at radius 3 is 1.89 bits per heavy atom. The van der Waals surface area contributed by atoms with Gasteiger partial charge in [-0.2, -0.15) is 0 Å². The number of amides is 1. The fourth-order valence-corrected chi connectivity index (χ4v) is 1.21. The minimum absolute atomic E-state index is 0. The molecule has 0 fully saturated rings. The molecule has 18 heavy (non-hydrogen) atoms. The minimum Gasteiger partial charge on any atom is -0.354 e. The second-order valence-corrected chi connectivity index (χ2v) is 4.11. The standard InChI is InChI=1S/C8H15NO.C6H10.C2H6.H2/c1-6(2)5-7(3)9-8(4)10;1-4-5-6(2)3;1-2;/h7H,1,5H2,2-4H3,(H,9,10);4-5H,2H2,1,3H3;1-2H3;1H/b;5-4-;;. The van der Waals surface area contributed by atoms with Gasteiger partial charge in [-0.3, -0.25) is 4.79 Å². The van der Waals surface area contributed by atoms with Crippen molar-refractivity contribution < 1.29 is 6.22 Å². The molecule has 0 aromatic carbocycles. The van der Waals surface area contributed by atoms with Gasteiger partial charge in [-0.15, -0.1) is 6.58 Å². The third-order valence-electron chi connectivity index (χ3n) is 1.56. The molecule has 0 rings (SSSR count). The Morgan fingerprint density at radius 2 is 1.72 bits per heavy atom. The number of hydrogen-bond donors (Lipinski definition) is 1. The molecule has 0 aromatic heterocycles. The van der Waals surface area contributed by atoms with Crippen molar-refractivity contribution in [2.45, 2.75) is 60.9 Å². The lowest BCUT2D eigenvalue weighted by Gasteiger charge is -2.10. The third kappa shape index (κ3) is 29.3. The quantitative estimate of drug-likeness (QED) is 0.562. The van der Waals surface area contributed by atoms with E-state index in [-0.39, 0.29) is 13.4 Å². The van der Waals surface area contributed by atoms with Crippen molar-refractivity contribution in [3.63, 3.8) is 0 Å². The van der Waals surface area contributed by atoms with E-state index in [1.165, 1.54) is 6.92 Å². The van der Waals surface area contributed by atoms with Crippen LogP contribution in [0.4, 0.5) is 0 Å². The third-order valence-corrected chi connectivity index (χ3v) is 1.56. The first-order valence-corrected chi connectivity index (χ1v) is 6.49. The van der Waals surface area contributed by atoms with Crippen molar-refractivity contribution in [2.75, 3.05) is 0 Å². The molecule has 2 heteroatoms. The van der Waals surface area contributed by atoms with Crippen molar-refractivity contribution in [2.24, 2.45) is 0 Å². The Labute approximate surface area is 115 Å². The zero-order valence-corrected chi connectivity index (χ0v) is 13.3. The fourth-order valence-electron chi connectivity index (χ4n) is 1.21. The van der Waals surface area contributed by atoms with Crippen LogP contribution in [0.1, 0.15) is 56.3 Å². The van der Waals surface area contributed by atoms with E-state index in [4.69, 9.17) is 0 Å². The highest BCUT2D eigenvalue weighted by molar-refractivity contribution is 5.73. The monoisotopic (exact) mass is 255 g/mol. The first-order chi connectivity index (χ1) is 8.29. The zero-order chi connectivity index (χ0) is 15.1. The van der Waals surface area contributed by atoms with Gasteiger partial charge in [-0.05, 0) is 34.1 Å². The van der Waals surface area contributed by atoms with Crippen LogP contribution >= 0.6 is 0 Å². The molecule has 1 atom stereocenters. The lowest BCUT2D eigenvalue weighted by atomic mass is 10.1. The maximum absolute atomic E-state index is 10.5. The summed E-state index contributed by atoms with van der Waals surface area (Å²) in [5.74, 6) is 0.0220. The van der Waals surface area contributed by atoms with Gasteiger partial charge in [-0.1, -0.05) is 43.7 Å². The topological polar surface area (TPSA) is 29.1 Å². The van der Waals surface area contributed by atoms with Crippen LogP contribution in [0.15, 0.2) is 36.5 Å². The largest absolute Gasteiger partial charge is 0.354 e. The predicted octanol–water partition coefficient (Wildman–Crippen LogP) is 4.89. The Hall–Kier alpha value is -1.31. The van der Waals surface area contributed by atoms with Gasteiger partial charge in [0.05, 0.1) is 0 Å². The molecule has 0 spiro atoms. The normalized spacial score (nSPS) is 10.4. The van der Waals surface area contributed by atoms with Gasteiger partial charge in [0.15, 0.2) is 0 Å². The van der Waals surface area contributed by atoms with Crippen LogP contribution < -0.4 is 5.32 Å². The Morgan fingerprint density at radius 1 is 1.28 bits per heavy atom. The minimum atomic E-state index is 0. The van der Waals surface area contributed by atoms with Crippen LogP contribution in [0.2, 0.25) is 0 Å². The van der Waals surface area contributed by atoms with Crippen LogP contribution in [0.25, 0.3) is 0 Å². The molecule has 0 radical (unpaired) electrons. The number of hydrogen-bond acceptors (Lipinski definition) is 1. The Balaban J connectivity index is -0.000000108. The first kappa shape index (κ1) is 21.9. The highest BCUT2D eigenvalue weighted by Gasteiger charge is 2.01. The second kappa shape index (κ2) is 15.7. The Bertz CT molecular complexity index is 254. The van der Waals surface area contributed by atoms with Crippen molar-refractivity contribution in [1.29, 1.82) is 0 Å². The maximum Gasteiger partial charge on any atom is 0.217 e. The highest BCUT2D eigenvalue weighted by Crippen LogP contribution is 1.99. The molecule has 1 amide bonds. The molecule has 0 aliphatic heterocycles. The number of allylic oxidation sites excluding steroid dienone is 3. The molecule has 0 bridgehead atoms. The van der Waals surface area contributed by atoms with Gasteiger partial charge >= 0.3 is 0 Å². The SMILES string of the molecule is C=C(C)/C=C\C.C=C(C)CC(C)NC(C)=O.CC.[HH]. The summed E-state index contributed by atoms with van der Waals surface area (Å²) < 4.78 is 0. The van der Waals surface area contributed by atoms with Gasteiger partial charge in [0, 0.05) is 14.4 Å². The van der Waals surface area contributed by atoms with Crippen LogP contribution in [0.3, 0.4) is 0 Å². The van der Waals surface area contributed by atoms with E-state index in [1.54, 1.807) is 0 Å². The molecule has 1 N–H and O–H groups in total. The summed E-state index contributed by atoms with van der Waals surface area (Å²) in [6.45, 7) is 20.8. The summed E-state index contributed by atoms with van der Waals surface area (Å²) in [6.07, 6.45) is 4.81. The average Bonchev–Trinajstić information content (AvgIpc) is 2.18. The zero-order valence-electron chi connectivity index (χ0n) is 13.3. The van der Waals surface area contributed by atoms with E-state index >= 15 is 0 Å². The number of rotatable bonds is 4. The van der Waals surface area contributed by atoms with Crippen LogP contribution in [0, 0.1) is 0 Å². The summed E-state index contributed by atoms with van der Waals surface area (Å²) in [6, 6.07) is 0.218. The van der Waals surface area contributed by atoms with Crippen molar-refractivity contribution >= 4 is 5.91 Å². The molecular formula is C16H33NO. The summed E-state index contributed by atoms with van der Waals surface area (Å²) in [4.78, 5) is 10.5. The molecule has 1 unspecified atom stereocenters. The van der Waals surface area contributed by atoms with Gasteiger partial charge < -0.3 is 5.32 Å². The molecule has 0 heterocycles. The first-order valence-electron chi connectivity index (χ1n) is 6.49. The summed E-state index contributed by atoms with van der Waals surface area (Å²) in [5, 5.41) is 2.77. The molecule has 0 saturated carbocycles. The molecule has 0 saturated heterocycles. The van der Waals surface area contributed by atoms with Crippen molar-refractivity contribution in [1.82, 2.24) is 5.32 Å². The summed E-state index contributed by atoms with van der Waals surface area (Å²) in [5.41, 5.74) is 2.21. The highest BCUT2D eigenvalue weighted by atomic mass is 16.1. The van der Waals surface area contributed by atoms with Gasteiger partial charge in [0.1, 0.15) is 0 Å². The van der Waals surface area contributed by atoms with Crippen LogP contribution in [-0.4, -0.2) is 11.9 Å². The lowest BCUT2D eigenvalue weighted by molar-refractivity contribution is -0.119. The summed E-state index contributed by atoms with van der Waals surface area (Å²) >= 11 is 0. The number of nitrogens with one attached hydrogen (secondary N) is 1. The van der Waals surface area contributed by atoms with Crippen molar-refractivity contribution in [3.8, 4) is 0 Å². The fraction of sp³-hybridized carbons (Fsp3) is 0.562. The molecule has 2 nitrogen and oxygen atoms in total. The lowest BCUT2D eigenvalue weighted by Crippen LogP contribution is -2.30. The average molecular weight is 255 g/mol. The Kier molecular flexibility index (Phi) is 19.1. The van der Waals surface area contributed by atoms with E-state index < -0.39 is 0 Å².